The molecule has 0 amide bonds. The van der Waals surface area contributed by atoms with E-state index in [0.29, 0.717) is 11.3 Å². The Morgan fingerprint density at radius 1 is 1.10 bits per heavy atom. The molecule has 2 aromatic rings. The monoisotopic (exact) mass is 430 g/mol. The van der Waals surface area contributed by atoms with E-state index in [1.165, 1.54) is 17.7 Å². The number of benzene rings is 2. The van der Waals surface area contributed by atoms with Gasteiger partial charge in [0.2, 0.25) is 0 Å². The highest BCUT2D eigenvalue weighted by molar-refractivity contribution is 7.48. The molecular formula is C26H36FO2P. The van der Waals surface area contributed by atoms with Gasteiger partial charge < -0.3 is 5.11 Å². The molecule has 0 radical (unpaired) electrons. The van der Waals surface area contributed by atoms with E-state index >= 15 is 0 Å². The zero-order chi connectivity index (χ0) is 22.5. The van der Waals surface area contributed by atoms with Crippen LogP contribution >= 0.6 is 8.58 Å². The molecule has 2 unspecified atom stereocenters. The molecule has 0 aromatic heterocycles. The minimum Gasteiger partial charge on any atom is -0.507 e. The van der Waals surface area contributed by atoms with Crippen LogP contribution in [0, 0.1) is 12.7 Å². The number of carbonyl (C=O) groups excluding carboxylic acids is 1. The van der Waals surface area contributed by atoms with Crippen molar-refractivity contribution in [2.75, 3.05) is 0 Å². The first-order valence-corrected chi connectivity index (χ1v) is 12.0. The van der Waals surface area contributed by atoms with Gasteiger partial charge in [-0.05, 0) is 53.7 Å². The van der Waals surface area contributed by atoms with E-state index in [1.54, 1.807) is 6.07 Å². The molecule has 30 heavy (non-hydrogen) atoms. The molecule has 2 nitrogen and oxygen atoms in total. The van der Waals surface area contributed by atoms with Gasteiger partial charge in [-0.2, -0.15) is 0 Å². The molecule has 4 heteroatoms. The summed E-state index contributed by atoms with van der Waals surface area (Å²) in [6.07, 6.45) is 5.79. The molecule has 0 spiro atoms. The Hall–Kier alpha value is -1.73. The van der Waals surface area contributed by atoms with Crippen LogP contribution in [0.4, 0.5) is 4.39 Å². The molecule has 0 heterocycles. The Labute approximate surface area is 183 Å². The fraction of sp³-hybridized carbons (Fsp3) is 0.500. The number of hydrogen-bond acceptors (Lipinski definition) is 2. The fourth-order valence-corrected chi connectivity index (χ4v) is 5.74. The molecule has 2 aromatic carbocycles. The van der Waals surface area contributed by atoms with E-state index in [0.717, 1.165) is 54.8 Å². The highest BCUT2D eigenvalue weighted by Crippen LogP contribution is 2.52. The van der Waals surface area contributed by atoms with Gasteiger partial charge in [0.15, 0.2) is 6.29 Å². The van der Waals surface area contributed by atoms with Crippen molar-refractivity contribution in [2.45, 2.75) is 84.2 Å². The number of aryl methyl sites for hydroxylation is 1. The highest BCUT2D eigenvalue weighted by Gasteiger charge is 2.35. The molecule has 0 aliphatic heterocycles. The van der Waals surface area contributed by atoms with Crippen LogP contribution in [-0.2, 0) is 10.6 Å². The second-order valence-corrected chi connectivity index (χ2v) is 11.1. The lowest BCUT2D eigenvalue weighted by atomic mass is 9.80. The molecule has 0 aliphatic rings. The SMILES string of the molecule is CCCCCC(CC)(Pc1ccc(F)cc1C=O)c1cc(C(C)(C)C)cc(C)c1O. The Bertz CT molecular complexity index is 885. The zero-order valence-corrected chi connectivity index (χ0v) is 20.2. The number of rotatable bonds is 9. The highest BCUT2D eigenvalue weighted by atomic mass is 31.1. The van der Waals surface area contributed by atoms with Crippen molar-refractivity contribution >= 4 is 20.2 Å². The van der Waals surface area contributed by atoms with Gasteiger partial charge in [-0.25, -0.2) is 4.39 Å². The molecule has 2 atom stereocenters. The number of hydrogen-bond donors (Lipinski definition) is 1. The first-order valence-electron chi connectivity index (χ1n) is 11.0. The summed E-state index contributed by atoms with van der Waals surface area (Å²) in [4.78, 5) is 11.6. The standard InChI is InChI=1S/C26H36FO2P/c1-7-9-10-13-26(8-2,30-23-12-11-21(27)15-19(23)17-28)22-16-20(25(4,5)6)14-18(3)24(22)29/h11-12,14-17,29-30H,7-10,13H2,1-6H3. The number of phenols is 1. The predicted octanol–water partition coefficient (Wildman–Crippen LogP) is 7.14. The van der Waals surface area contributed by atoms with Gasteiger partial charge in [0.05, 0.1) is 0 Å². The molecule has 2 rings (SSSR count). The van der Waals surface area contributed by atoms with Crippen LogP contribution in [0.1, 0.15) is 93.8 Å². The average Bonchev–Trinajstić information content (AvgIpc) is 2.69. The van der Waals surface area contributed by atoms with Gasteiger partial charge in [-0.3, -0.25) is 4.79 Å². The molecule has 0 saturated heterocycles. The summed E-state index contributed by atoms with van der Waals surface area (Å²) in [7, 11) is 0.271. The first kappa shape index (κ1) is 24.5. The van der Waals surface area contributed by atoms with Crippen LogP contribution in [0.5, 0.6) is 5.75 Å². The van der Waals surface area contributed by atoms with E-state index in [4.69, 9.17) is 0 Å². The third-order valence-electron chi connectivity index (χ3n) is 6.01. The number of halogens is 1. The second-order valence-electron chi connectivity index (χ2n) is 9.31. The Kier molecular flexibility index (Phi) is 8.22. The maximum absolute atomic E-state index is 13.7. The van der Waals surface area contributed by atoms with Crippen molar-refractivity contribution < 1.29 is 14.3 Å². The summed E-state index contributed by atoms with van der Waals surface area (Å²) in [5, 5.41) is 11.7. The number of aromatic hydroxyl groups is 1. The maximum atomic E-state index is 13.7. The van der Waals surface area contributed by atoms with Gasteiger partial charge in [-0.15, -0.1) is 0 Å². The number of aldehydes is 1. The number of unbranched alkanes of at least 4 members (excludes halogenated alkanes) is 2. The van der Waals surface area contributed by atoms with Crippen LogP contribution in [0.3, 0.4) is 0 Å². The second kappa shape index (κ2) is 10.1. The predicted molar refractivity (Wildman–Crippen MR) is 127 cm³/mol. The van der Waals surface area contributed by atoms with Crippen molar-refractivity contribution in [1.82, 2.24) is 0 Å². The molecule has 0 saturated carbocycles. The van der Waals surface area contributed by atoms with Crippen LogP contribution in [0.15, 0.2) is 30.3 Å². The molecular weight excluding hydrogens is 394 g/mol. The Morgan fingerprint density at radius 2 is 1.80 bits per heavy atom. The molecule has 0 aliphatic carbocycles. The van der Waals surface area contributed by atoms with E-state index in [-0.39, 0.29) is 19.2 Å². The topological polar surface area (TPSA) is 37.3 Å². The minimum atomic E-state index is -0.396. The summed E-state index contributed by atoms with van der Waals surface area (Å²) < 4.78 is 13.7. The largest absolute Gasteiger partial charge is 0.507 e. The van der Waals surface area contributed by atoms with E-state index < -0.39 is 5.82 Å². The van der Waals surface area contributed by atoms with Gasteiger partial charge in [0.25, 0.3) is 0 Å². The summed E-state index contributed by atoms with van der Waals surface area (Å²) in [5.74, 6) is -0.0456. The van der Waals surface area contributed by atoms with Gasteiger partial charge in [-0.1, -0.05) is 80.7 Å². The minimum absolute atomic E-state index is 0.0386. The lowest BCUT2D eigenvalue weighted by molar-refractivity contribution is 0.112. The molecule has 164 valence electrons. The Balaban J connectivity index is 2.68. The average molecular weight is 431 g/mol. The van der Waals surface area contributed by atoms with Crippen LogP contribution in [-0.4, -0.2) is 11.4 Å². The fourth-order valence-electron chi connectivity index (χ4n) is 3.98. The lowest BCUT2D eigenvalue weighted by Crippen LogP contribution is -2.25. The van der Waals surface area contributed by atoms with Crippen molar-refractivity contribution in [3.8, 4) is 5.75 Å². The smallest absolute Gasteiger partial charge is 0.150 e. The number of carbonyl (C=O) groups is 1. The quantitative estimate of drug-likeness (QED) is 0.261. The Morgan fingerprint density at radius 3 is 2.37 bits per heavy atom. The van der Waals surface area contributed by atoms with Crippen LogP contribution in [0.2, 0.25) is 0 Å². The molecule has 0 bridgehead atoms. The van der Waals surface area contributed by atoms with Crippen molar-refractivity contribution in [1.29, 1.82) is 0 Å². The van der Waals surface area contributed by atoms with E-state index in [2.05, 4.69) is 46.8 Å². The summed E-state index contributed by atoms with van der Waals surface area (Å²) in [6.45, 7) is 12.8. The number of phenolic OH excluding ortho intramolecular Hbond substituents is 1. The van der Waals surface area contributed by atoms with Crippen molar-refractivity contribution in [3.63, 3.8) is 0 Å². The van der Waals surface area contributed by atoms with Crippen LogP contribution in [0.25, 0.3) is 0 Å². The molecule has 1 N–H and O–H groups in total. The first-order chi connectivity index (χ1) is 14.1. The van der Waals surface area contributed by atoms with Crippen molar-refractivity contribution in [2.24, 2.45) is 0 Å². The summed E-state index contributed by atoms with van der Waals surface area (Å²) in [6, 6.07) is 8.72. The normalized spacial score (nSPS) is 14.2. The van der Waals surface area contributed by atoms with Crippen LogP contribution < -0.4 is 5.30 Å². The zero-order valence-electron chi connectivity index (χ0n) is 19.2. The third kappa shape index (κ3) is 5.49. The van der Waals surface area contributed by atoms with Gasteiger partial charge >= 0.3 is 0 Å². The molecule has 0 fully saturated rings. The summed E-state index contributed by atoms with van der Waals surface area (Å²) >= 11 is 0. The van der Waals surface area contributed by atoms with Crippen molar-refractivity contribution in [3.05, 3.63) is 58.4 Å². The maximum Gasteiger partial charge on any atom is 0.150 e. The summed E-state index contributed by atoms with van der Waals surface area (Å²) in [5.41, 5.74) is 3.41. The van der Waals surface area contributed by atoms with Gasteiger partial charge in [0, 0.05) is 16.3 Å². The van der Waals surface area contributed by atoms with Gasteiger partial charge in [0.1, 0.15) is 11.6 Å². The lowest BCUT2D eigenvalue weighted by Gasteiger charge is -2.36. The van der Waals surface area contributed by atoms with E-state index in [9.17, 15) is 14.3 Å². The van der Waals surface area contributed by atoms with E-state index in [1.807, 2.05) is 6.92 Å². The third-order valence-corrected chi connectivity index (χ3v) is 8.08.